The van der Waals surface area contributed by atoms with Gasteiger partial charge in [0.25, 0.3) is 0 Å². The van der Waals surface area contributed by atoms with Crippen LogP contribution in [0, 0.1) is 6.92 Å². The van der Waals surface area contributed by atoms with Gasteiger partial charge in [-0.25, -0.2) is 0 Å². The molecule has 1 aromatic heterocycles. The summed E-state index contributed by atoms with van der Waals surface area (Å²) in [6.45, 7) is 3.63. The lowest BCUT2D eigenvalue weighted by Gasteiger charge is -2.02. The molecule has 0 saturated carbocycles. The smallest absolute Gasteiger partial charge is 0.303 e. The molecule has 1 aromatic rings. The van der Waals surface area contributed by atoms with E-state index in [-0.39, 0.29) is 6.42 Å². The molecule has 2 N–H and O–H groups in total. The van der Waals surface area contributed by atoms with Crippen LogP contribution in [0.5, 0.6) is 0 Å². The lowest BCUT2D eigenvalue weighted by Crippen LogP contribution is -2.15. The predicted molar refractivity (Wildman–Crippen MR) is 61.1 cm³/mol. The molecule has 0 saturated heterocycles. The minimum Gasteiger partial charge on any atom is -0.481 e. The third kappa shape index (κ3) is 4.44. The molecule has 0 amide bonds. The summed E-state index contributed by atoms with van der Waals surface area (Å²) in [7, 11) is 1.91. The second kappa shape index (κ2) is 6.27. The number of nitrogens with one attached hydrogen (secondary N) is 1. The van der Waals surface area contributed by atoms with Gasteiger partial charge in [-0.3, -0.25) is 9.48 Å². The zero-order valence-corrected chi connectivity index (χ0v) is 9.86. The highest BCUT2D eigenvalue weighted by atomic mass is 16.4. The Hall–Kier alpha value is -1.36. The summed E-state index contributed by atoms with van der Waals surface area (Å²) < 4.78 is 1.80. The number of aliphatic carboxylic acids is 1. The summed E-state index contributed by atoms with van der Waals surface area (Å²) in [6.07, 6.45) is 3.88. The topological polar surface area (TPSA) is 67.2 Å². The van der Waals surface area contributed by atoms with Crippen LogP contribution >= 0.6 is 0 Å². The molecule has 0 unspecified atom stereocenters. The Morgan fingerprint density at radius 2 is 2.31 bits per heavy atom. The molecule has 90 valence electrons. The maximum absolute atomic E-state index is 10.3. The van der Waals surface area contributed by atoms with Crippen LogP contribution in [0.3, 0.4) is 0 Å². The van der Waals surface area contributed by atoms with Gasteiger partial charge in [-0.15, -0.1) is 0 Å². The largest absolute Gasteiger partial charge is 0.481 e. The van der Waals surface area contributed by atoms with Crippen molar-refractivity contribution in [3.05, 3.63) is 17.5 Å². The van der Waals surface area contributed by atoms with E-state index in [4.69, 9.17) is 5.11 Å². The molecule has 0 aliphatic carbocycles. The second-order valence-electron chi connectivity index (χ2n) is 3.94. The zero-order valence-electron chi connectivity index (χ0n) is 9.86. The van der Waals surface area contributed by atoms with Gasteiger partial charge in [-0.05, 0) is 26.3 Å². The Bertz CT molecular complexity index is 347. The first-order chi connectivity index (χ1) is 7.59. The third-order valence-electron chi connectivity index (χ3n) is 2.42. The van der Waals surface area contributed by atoms with Crippen molar-refractivity contribution in [3.8, 4) is 0 Å². The Kier molecular flexibility index (Phi) is 4.98. The van der Waals surface area contributed by atoms with Gasteiger partial charge in [0.05, 0.1) is 5.69 Å². The molecule has 5 heteroatoms. The first-order valence-corrected chi connectivity index (χ1v) is 5.51. The quantitative estimate of drug-likeness (QED) is 0.681. The van der Waals surface area contributed by atoms with E-state index in [0.717, 1.165) is 31.6 Å². The lowest BCUT2D eigenvalue weighted by atomic mass is 10.2. The molecule has 0 aliphatic heterocycles. The van der Waals surface area contributed by atoms with E-state index in [2.05, 4.69) is 10.4 Å². The molecule has 16 heavy (non-hydrogen) atoms. The molecule has 1 heterocycles. The summed E-state index contributed by atoms with van der Waals surface area (Å²) in [6, 6.07) is 0. The molecule has 0 radical (unpaired) electrons. The normalized spacial score (nSPS) is 10.6. The van der Waals surface area contributed by atoms with Crippen molar-refractivity contribution in [2.24, 2.45) is 7.05 Å². The van der Waals surface area contributed by atoms with Crippen molar-refractivity contribution >= 4 is 5.97 Å². The summed E-state index contributed by atoms with van der Waals surface area (Å²) >= 11 is 0. The summed E-state index contributed by atoms with van der Waals surface area (Å²) in [4.78, 5) is 10.3. The van der Waals surface area contributed by atoms with Crippen LogP contribution in [-0.2, 0) is 18.4 Å². The molecule has 0 atom stereocenters. The number of hydrogen-bond donors (Lipinski definition) is 2. The second-order valence-corrected chi connectivity index (χ2v) is 3.94. The maximum atomic E-state index is 10.3. The van der Waals surface area contributed by atoms with Crippen LogP contribution in [0.4, 0.5) is 0 Å². The third-order valence-corrected chi connectivity index (χ3v) is 2.42. The number of aromatic nitrogens is 2. The van der Waals surface area contributed by atoms with Crippen molar-refractivity contribution in [1.29, 1.82) is 0 Å². The minimum atomic E-state index is -0.719. The monoisotopic (exact) mass is 225 g/mol. The van der Waals surface area contributed by atoms with Crippen LogP contribution < -0.4 is 5.32 Å². The first kappa shape index (κ1) is 12.7. The highest BCUT2D eigenvalue weighted by Crippen LogP contribution is 2.03. The molecule has 0 spiro atoms. The SMILES string of the molecule is Cc1nn(C)cc1CNCCCCC(=O)O. The Morgan fingerprint density at radius 3 is 2.88 bits per heavy atom. The number of unbranched alkanes of at least 4 members (excludes halogenated alkanes) is 1. The van der Waals surface area contributed by atoms with Crippen molar-refractivity contribution in [2.75, 3.05) is 6.54 Å². The molecular weight excluding hydrogens is 206 g/mol. The van der Waals surface area contributed by atoms with Crippen molar-refractivity contribution < 1.29 is 9.90 Å². The number of carbonyl (C=O) groups is 1. The van der Waals surface area contributed by atoms with Gasteiger partial charge in [-0.1, -0.05) is 0 Å². The number of carboxylic acids is 1. The van der Waals surface area contributed by atoms with Gasteiger partial charge in [0.2, 0.25) is 0 Å². The zero-order chi connectivity index (χ0) is 12.0. The number of carboxylic acid groups (broad SMARTS) is 1. The predicted octanol–water partition coefficient (Wildman–Crippen LogP) is 1.07. The fraction of sp³-hybridized carbons (Fsp3) is 0.636. The molecule has 5 nitrogen and oxygen atoms in total. The van der Waals surface area contributed by atoms with Crippen LogP contribution in [0.15, 0.2) is 6.20 Å². The van der Waals surface area contributed by atoms with Gasteiger partial charge in [0, 0.05) is 31.8 Å². The molecule has 0 aliphatic rings. The Labute approximate surface area is 95.5 Å². The Balaban J connectivity index is 2.11. The van der Waals surface area contributed by atoms with E-state index in [9.17, 15) is 4.79 Å². The molecule has 0 aromatic carbocycles. The van der Waals surface area contributed by atoms with Crippen LogP contribution in [0.1, 0.15) is 30.5 Å². The number of rotatable bonds is 7. The number of hydrogen-bond acceptors (Lipinski definition) is 3. The number of nitrogens with zero attached hydrogens (tertiary/aromatic N) is 2. The first-order valence-electron chi connectivity index (χ1n) is 5.51. The average molecular weight is 225 g/mol. The standard InChI is InChI=1S/C11H19N3O2/c1-9-10(8-14(2)13-9)7-12-6-4-3-5-11(15)16/h8,12H,3-7H2,1-2H3,(H,15,16). The molecular formula is C11H19N3O2. The van der Waals surface area contributed by atoms with E-state index >= 15 is 0 Å². The molecule has 0 bridgehead atoms. The van der Waals surface area contributed by atoms with E-state index in [1.165, 1.54) is 5.56 Å². The van der Waals surface area contributed by atoms with Gasteiger partial charge in [0.1, 0.15) is 0 Å². The Morgan fingerprint density at radius 1 is 1.56 bits per heavy atom. The summed E-state index contributed by atoms with van der Waals surface area (Å²) in [5.74, 6) is -0.719. The van der Waals surface area contributed by atoms with Gasteiger partial charge >= 0.3 is 5.97 Å². The van der Waals surface area contributed by atoms with E-state index in [0.29, 0.717) is 0 Å². The number of aryl methyl sites for hydroxylation is 2. The van der Waals surface area contributed by atoms with E-state index in [1.807, 2.05) is 20.2 Å². The summed E-state index contributed by atoms with van der Waals surface area (Å²) in [5, 5.41) is 16.0. The summed E-state index contributed by atoms with van der Waals surface area (Å²) in [5.41, 5.74) is 2.24. The van der Waals surface area contributed by atoms with Gasteiger partial charge in [-0.2, -0.15) is 5.10 Å². The highest BCUT2D eigenvalue weighted by Gasteiger charge is 2.02. The van der Waals surface area contributed by atoms with E-state index in [1.54, 1.807) is 4.68 Å². The fourth-order valence-corrected chi connectivity index (χ4v) is 1.57. The molecule has 0 fully saturated rings. The van der Waals surface area contributed by atoms with Crippen LogP contribution in [0.2, 0.25) is 0 Å². The average Bonchev–Trinajstić information content (AvgIpc) is 2.50. The fourth-order valence-electron chi connectivity index (χ4n) is 1.57. The van der Waals surface area contributed by atoms with Crippen molar-refractivity contribution in [2.45, 2.75) is 32.7 Å². The van der Waals surface area contributed by atoms with Crippen LogP contribution in [-0.4, -0.2) is 27.4 Å². The van der Waals surface area contributed by atoms with E-state index < -0.39 is 5.97 Å². The van der Waals surface area contributed by atoms with Crippen molar-refractivity contribution in [3.63, 3.8) is 0 Å². The highest BCUT2D eigenvalue weighted by molar-refractivity contribution is 5.66. The maximum Gasteiger partial charge on any atom is 0.303 e. The van der Waals surface area contributed by atoms with Crippen LogP contribution in [0.25, 0.3) is 0 Å². The molecule has 1 rings (SSSR count). The lowest BCUT2D eigenvalue weighted by molar-refractivity contribution is -0.137. The van der Waals surface area contributed by atoms with Gasteiger partial charge in [0.15, 0.2) is 0 Å². The van der Waals surface area contributed by atoms with Gasteiger partial charge < -0.3 is 10.4 Å². The minimum absolute atomic E-state index is 0.258. The van der Waals surface area contributed by atoms with Crippen molar-refractivity contribution in [1.82, 2.24) is 15.1 Å².